The van der Waals surface area contributed by atoms with Crippen LogP contribution in [0.25, 0.3) is 17.0 Å². The van der Waals surface area contributed by atoms with Crippen LogP contribution in [0.3, 0.4) is 0 Å². The fourth-order valence-corrected chi connectivity index (χ4v) is 3.43. The maximum absolute atomic E-state index is 4.81. The van der Waals surface area contributed by atoms with Crippen molar-refractivity contribution in [3.8, 4) is 11.4 Å². The van der Waals surface area contributed by atoms with E-state index in [1.165, 1.54) is 5.56 Å². The molecule has 0 fully saturated rings. The number of nitrogens with zero attached hydrogens (tertiary/aromatic N) is 6. The van der Waals surface area contributed by atoms with Gasteiger partial charge in [-0.15, -0.1) is 0 Å². The van der Waals surface area contributed by atoms with Crippen molar-refractivity contribution in [2.75, 3.05) is 0 Å². The number of aromatic nitrogens is 6. The Labute approximate surface area is 165 Å². The molecule has 0 saturated carbocycles. The van der Waals surface area contributed by atoms with Crippen molar-refractivity contribution in [1.29, 1.82) is 0 Å². The minimum atomic E-state index is 0.253. The molecular weight excluding hydrogens is 348 g/mol. The summed E-state index contributed by atoms with van der Waals surface area (Å²) in [6.07, 6.45) is 2.45. The highest BCUT2D eigenvalue weighted by molar-refractivity contribution is 5.54. The molecule has 4 aromatic rings. The van der Waals surface area contributed by atoms with Gasteiger partial charge in [-0.25, -0.2) is 19.2 Å². The minimum absolute atomic E-state index is 0.253. The molecular formula is C22H26N6. The van der Waals surface area contributed by atoms with Crippen LogP contribution in [0, 0.1) is 6.92 Å². The molecule has 0 unspecified atom stereocenters. The van der Waals surface area contributed by atoms with Gasteiger partial charge >= 0.3 is 0 Å². The van der Waals surface area contributed by atoms with Crippen LogP contribution >= 0.6 is 0 Å². The molecule has 0 amide bonds. The first-order valence-electron chi connectivity index (χ1n) is 9.91. The molecule has 0 saturated heterocycles. The first-order chi connectivity index (χ1) is 13.6. The SMILES string of the molecule is CCc1ccc(C)n2nc(CCc3nc(-c4ccccc4)nn3C(C)C)nc12. The van der Waals surface area contributed by atoms with E-state index < -0.39 is 0 Å². The van der Waals surface area contributed by atoms with Gasteiger partial charge in [0.1, 0.15) is 5.82 Å². The fourth-order valence-electron chi connectivity index (χ4n) is 3.43. The molecule has 0 spiro atoms. The molecule has 28 heavy (non-hydrogen) atoms. The zero-order valence-corrected chi connectivity index (χ0v) is 16.9. The molecule has 0 aliphatic heterocycles. The van der Waals surface area contributed by atoms with Crippen LogP contribution in [0.4, 0.5) is 0 Å². The second-order valence-corrected chi connectivity index (χ2v) is 7.37. The normalized spacial score (nSPS) is 11.6. The minimum Gasteiger partial charge on any atom is -0.247 e. The molecule has 0 aliphatic carbocycles. The lowest BCUT2D eigenvalue weighted by molar-refractivity contribution is 0.504. The maximum Gasteiger partial charge on any atom is 0.181 e. The van der Waals surface area contributed by atoms with E-state index in [9.17, 15) is 0 Å². The Morgan fingerprint density at radius 3 is 2.43 bits per heavy atom. The van der Waals surface area contributed by atoms with E-state index in [1.807, 2.05) is 39.5 Å². The highest BCUT2D eigenvalue weighted by Gasteiger charge is 2.15. The molecule has 6 nitrogen and oxygen atoms in total. The zero-order chi connectivity index (χ0) is 19.7. The van der Waals surface area contributed by atoms with E-state index in [0.717, 1.165) is 53.6 Å². The quantitative estimate of drug-likeness (QED) is 0.507. The summed E-state index contributed by atoms with van der Waals surface area (Å²) in [4.78, 5) is 9.60. The van der Waals surface area contributed by atoms with Gasteiger partial charge in [0.2, 0.25) is 0 Å². The van der Waals surface area contributed by atoms with Gasteiger partial charge in [0.05, 0.1) is 0 Å². The van der Waals surface area contributed by atoms with Crippen molar-refractivity contribution < 1.29 is 0 Å². The lowest BCUT2D eigenvalue weighted by atomic mass is 10.2. The Balaban J connectivity index is 1.62. The average molecular weight is 374 g/mol. The Hall–Kier alpha value is -3.02. The van der Waals surface area contributed by atoms with Gasteiger partial charge in [0, 0.05) is 30.1 Å². The number of aryl methyl sites for hydroxylation is 4. The highest BCUT2D eigenvalue weighted by atomic mass is 15.4. The van der Waals surface area contributed by atoms with Gasteiger partial charge in [0.25, 0.3) is 0 Å². The first-order valence-corrected chi connectivity index (χ1v) is 9.91. The first kappa shape index (κ1) is 18.3. The Bertz CT molecular complexity index is 1090. The summed E-state index contributed by atoms with van der Waals surface area (Å²) in [5, 5.41) is 9.46. The third-order valence-electron chi connectivity index (χ3n) is 4.97. The second kappa shape index (κ2) is 7.54. The van der Waals surface area contributed by atoms with Crippen molar-refractivity contribution in [2.24, 2.45) is 0 Å². The van der Waals surface area contributed by atoms with Gasteiger partial charge in [-0.05, 0) is 38.8 Å². The highest BCUT2D eigenvalue weighted by Crippen LogP contribution is 2.19. The maximum atomic E-state index is 4.81. The van der Waals surface area contributed by atoms with Crippen molar-refractivity contribution in [1.82, 2.24) is 29.4 Å². The zero-order valence-electron chi connectivity index (χ0n) is 16.9. The number of benzene rings is 1. The van der Waals surface area contributed by atoms with Crippen molar-refractivity contribution in [3.05, 3.63) is 65.4 Å². The van der Waals surface area contributed by atoms with E-state index in [0.29, 0.717) is 0 Å². The van der Waals surface area contributed by atoms with E-state index in [1.54, 1.807) is 0 Å². The van der Waals surface area contributed by atoms with Crippen LogP contribution < -0.4 is 0 Å². The molecule has 0 radical (unpaired) electrons. The Morgan fingerprint density at radius 2 is 1.71 bits per heavy atom. The third kappa shape index (κ3) is 3.42. The number of hydrogen-bond acceptors (Lipinski definition) is 4. The summed E-state index contributed by atoms with van der Waals surface area (Å²) in [5.41, 5.74) is 4.33. The predicted octanol–water partition coefficient (Wildman–Crippen LogP) is 4.22. The van der Waals surface area contributed by atoms with Crippen LogP contribution in [0.15, 0.2) is 42.5 Å². The standard InChI is InChI=1S/C22H26N6/c1-5-17-12-11-16(4)28-22(17)23-19(25-28)13-14-20-24-21(26-27(20)15(2)3)18-9-7-6-8-10-18/h6-12,15H,5,13-14H2,1-4H3. The molecule has 1 aromatic carbocycles. The molecule has 0 aliphatic rings. The summed E-state index contributed by atoms with van der Waals surface area (Å²) in [6.45, 7) is 8.47. The largest absolute Gasteiger partial charge is 0.247 e. The van der Waals surface area contributed by atoms with Crippen LogP contribution in [0.2, 0.25) is 0 Å². The van der Waals surface area contributed by atoms with Gasteiger partial charge < -0.3 is 0 Å². The number of fused-ring (bicyclic) bond motifs is 1. The summed E-state index contributed by atoms with van der Waals surface area (Å²) in [7, 11) is 0. The fraction of sp³-hybridized carbons (Fsp3) is 0.364. The summed E-state index contributed by atoms with van der Waals surface area (Å²) >= 11 is 0. The number of pyridine rings is 1. The smallest absolute Gasteiger partial charge is 0.181 e. The third-order valence-corrected chi connectivity index (χ3v) is 4.97. The molecule has 144 valence electrons. The van der Waals surface area contributed by atoms with Crippen LogP contribution in [0.5, 0.6) is 0 Å². The summed E-state index contributed by atoms with van der Waals surface area (Å²) in [5.74, 6) is 2.60. The van der Waals surface area contributed by atoms with Gasteiger partial charge in [-0.1, -0.05) is 43.3 Å². The van der Waals surface area contributed by atoms with Gasteiger partial charge in [-0.3, -0.25) is 0 Å². The Kier molecular flexibility index (Phi) is 4.94. The summed E-state index contributed by atoms with van der Waals surface area (Å²) < 4.78 is 3.97. The van der Waals surface area contributed by atoms with Gasteiger partial charge in [0.15, 0.2) is 17.3 Å². The molecule has 3 heterocycles. The van der Waals surface area contributed by atoms with Crippen LogP contribution in [-0.4, -0.2) is 29.4 Å². The number of hydrogen-bond donors (Lipinski definition) is 0. The predicted molar refractivity (Wildman–Crippen MR) is 110 cm³/mol. The number of rotatable bonds is 6. The lowest BCUT2D eigenvalue weighted by Crippen LogP contribution is -2.09. The van der Waals surface area contributed by atoms with Gasteiger partial charge in [-0.2, -0.15) is 10.2 Å². The molecule has 3 aromatic heterocycles. The molecule has 0 atom stereocenters. The topological polar surface area (TPSA) is 60.9 Å². The molecule has 0 N–H and O–H groups in total. The van der Waals surface area contributed by atoms with E-state index in [4.69, 9.17) is 20.2 Å². The van der Waals surface area contributed by atoms with E-state index in [2.05, 4.69) is 39.8 Å². The van der Waals surface area contributed by atoms with Crippen molar-refractivity contribution in [2.45, 2.75) is 53.0 Å². The average Bonchev–Trinajstić information content (AvgIpc) is 3.32. The molecule has 0 bridgehead atoms. The lowest BCUT2D eigenvalue weighted by Gasteiger charge is -2.08. The van der Waals surface area contributed by atoms with E-state index in [-0.39, 0.29) is 6.04 Å². The summed E-state index contributed by atoms with van der Waals surface area (Å²) in [6, 6.07) is 14.6. The Morgan fingerprint density at radius 1 is 0.929 bits per heavy atom. The second-order valence-electron chi connectivity index (χ2n) is 7.37. The molecule has 6 heteroatoms. The van der Waals surface area contributed by atoms with Crippen molar-refractivity contribution in [3.63, 3.8) is 0 Å². The van der Waals surface area contributed by atoms with Crippen LogP contribution in [0.1, 0.15) is 49.7 Å². The van der Waals surface area contributed by atoms with Crippen LogP contribution in [-0.2, 0) is 19.3 Å². The van der Waals surface area contributed by atoms with E-state index >= 15 is 0 Å². The molecule has 4 rings (SSSR count). The monoisotopic (exact) mass is 374 g/mol. The van der Waals surface area contributed by atoms with Crippen molar-refractivity contribution >= 4 is 5.65 Å².